The van der Waals surface area contributed by atoms with E-state index in [0.717, 1.165) is 0 Å². The number of carbonyl (C=O) groups is 1. The van der Waals surface area contributed by atoms with Crippen LogP contribution in [0, 0.1) is 4.77 Å². The lowest BCUT2D eigenvalue weighted by Crippen LogP contribution is -2.26. The Kier molecular flexibility index (Phi) is 2.66. The highest BCUT2D eigenvalue weighted by molar-refractivity contribution is 7.71. The van der Waals surface area contributed by atoms with Gasteiger partial charge in [-0.15, -0.1) is 5.10 Å². The fraction of sp³-hybridized carbons (Fsp3) is 0.500. The van der Waals surface area contributed by atoms with Gasteiger partial charge in [0.1, 0.15) is 6.54 Å². The molecule has 0 saturated heterocycles. The Bertz CT molecular complexity index is 365. The highest BCUT2D eigenvalue weighted by Gasteiger charge is 2.08. The number of amides is 1. The number of hydrogen-bond donors (Lipinski definition) is 2. The van der Waals surface area contributed by atoms with E-state index in [1.165, 1.54) is 9.47 Å². The fourth-order valence-electron chi connectivity index (χ4n) is 0.759. The lowest BCUT2D eigenvalue weighted by molar-refractivity contribution is -0.129. The molecule has 1 aromatic rings. The van der Waals surface area contributed by atoms with Gasteiger partial charge in [0.25, 0.3) is 0 Å². The molecule has 1 amide bonds. The van der Waals surface area contributed by atoms with Crippen molar-refractivity contribution >= 4 is 24.1 Å². The van der Waals surface area contributed by atoms with Gasteiger partial charge in [-0.25, -0.2) is 5.10 Å². The molecular weight excluding hydrogens is 190 g/mol. The molecule has 0 aromatic carbocycles. The Labute approximate surface area is 80.3 Å². The van der Waals surface area contributed by atoms with Crippen LogP contribution in [0.5, 0.6) is 0 Å². The van der Waals surface area contributed by atoms with Gasteiger partial charge in [-0.1, -0.05) is 0 Å². The molecule has 6 nitrogen and oxygen atoms in total. The first-order valence-electron chi connectivity index (χ1n) is 3.63. The summed E-state index contributed by atoms with van der Waals surface area (Å²) in [5.41, 5.74) is 5.47. The molecule has 0 saturated carbocycles. The first kappa shape index (κ1) is 9.72. The molecule has 3 N–H and O–H groups in total. The minimum absolute atomic E-state index is 0.0794. The van der Waals surface area contributed by atoms with Crippen LogP contribution in [0.4, 0.5) is 5.95 Å². The summed E-state index contributed by atoms with van der Waals surface area (Å²) in [5.74, 6) is 0.143. The van der Waals surface area contributed by atoms with Crippen molar-refractivity contribution in [2.75, 3.05) is 19.8 Å². The van der Waals surface area contributed by atoms with Gasteiger partial charge in [0.05, 0.1) is 0 Å². The molecular formula is C6H11N5OS. The third-order valence-corrected chi connectivity index (χ3v) is 1.89. The molecule has 0 spiro atoms. The normalized spacial score (nSPS) is 10.0. The fourth-order valence-corrected chi connectivity index (χ4v) is 0.963. The average molecular weight is 201 g/mol. The second-order valence-corrected chi connectivity index (χ2v) is 3.15. The third kappa shape index (κ3) is 2.05. The lowest BCUT2D eigenvalue weighted by Gasteiger charge is -2.10. The zero-order chi connectivity index (χ0) is 10.0. The summed E-state index contributed by atoms with van der Waals surface area (Å²) in [4.78, 5) is 12.7. The second-order valence-electron chi connectivity index (χ2n) is 2.76. The van der Waals surface area contributed by atoms with Crippen molar-refractivity contribution < 1.29 is 4.79 Å². The Morgan fingerprint density at radius 2 is 2.38 bits per heavy atom. The van der Waals surface area contributed by atoms with Crippen LogP contribution in [0.3, 0.4) is 0 Å². The number of rotatable bonds is 2. The minimum Gasteiger partial charge on any atom is -0.368 e. The van der Waals surface area contributed by atoms with E-state index in [1.54, 1.807) is 14.1 Å². The Morgan fingerprint density at radius 3 is 2.77 bits per heavy atom. The number of aromatic amines is 1. The van der Waals surface area contributed by atoms with E-state index in [1.807, 2.05) is 0 Å². The zero-order valence-corrected chi connectivity index (χ0v) is 8.26. The number of anilines is 1. The number of H-pyrrole nitrogens is 1. The molecule has 0 unspecified atom stereocenters. The van der Waals surface area contributed by atoms with Crippen LogP contribution < -0.4 is 5.73 Å². The van der Waals surface area contributed by atoms with Gasteiger partial charge in [-0.2, -0.15) is 0 Å². The van der Waals surface area contributed by atoms with Crippen molar-refractivity contribution in [2.45, 2.75) is 6.54 Å². The maximum absolute atomic E-state index is 11.3. The number of nitrogen functional groups attached to an aromatic ring is 1. The summed E-state index contributed by atoms with van der Waals surface area (Å²) >= 11 is 4.87. The number of likely N-dealkylation sites (N-methyl/N-ethyl adjacent to an activating group) is 1. The summed E-state index contributed by atoms with van der Waals surface area (Å²) < 4.78 is 1.80. The van der Waals surface area contributed by atoms with Crippen molar-refractivity contribution in [3.05, 3.63) is 4.77 Å². The summed E-state index contributed by atoms with van der Waals surface area (Å²) in [6.45, 7) is 0.119. The number of nitrogens with one attached hydrogen (secondary N) is 1. The van der Waals surface area contributed by atoms with Crippen LogP contribution >= 0.6 is 12.2 Å². The topological polar surface area (TPSA) is 79.9 Å². The number of aromatic nitrogens is 3. The van der Waals surface area contributed by atoms with Gasteiger partial charge in [0, 0.05) is 14.1 Å². The van der Waals surface area contributed by atoms with Crippen molar-refractivity contribution in [3.63, 3.8) is 0 Å². The molecule has 0 aliphatic heterocycles. The van der Waals surface area contributed by atoms with E-state index in [4.69, 9.17) is 18.0 Å². The van der Waals surface area contributed by atoms with Crippen LogP contribution in [0.25, 0.3) is 0 Å². The molecule has 0 aliphatic carbocycles. The molecule has 0 fully saturated rings. The molecule has 1 rings (SSSR count). The van der Waals surface area contributed by atoms with E-state index in [9.17, 15) is 4.79 Å². The molecule has 0 bridgehead atoms. The van der Waals surface area contributed by atoms with Crippen LogP contribution in [-0.4, -0.2) is 39.7 Å². The molecule has 0 atom stereocenters. The summed E-state index contributed by atoms with van der Waals surface area (Å²) in [5, 5.41) is 6.18. The standard InChI is InChI=1S/C6H11N5OS/c1-10(2)4(12)3-11-5(7)8-9-6(11)13/h3H2,1-2H3,(H2,7,8)(H,9,13). The number of hydrogen-bond acceptors (Lipinski definition) is 4. The smallest absolute Gasteiger partial charge is 0.242 e. The molecule has 7 heteroatoms. The Balaban J connectivity index is 2.86. The second kappa shape index (κ2) is 3.56. The summed E-state index contributed by atoms with van der Waals surface area (Å²) in [6, 6.07) is 0. The van der Waals surface area contributed by atoms with Crippen LogP contribution in [-0.2, 0) is 11.3 Å². The molecule has 0 aliphatic rings. The maximum atomic E-state index is 11.3. The number of nitrogens with zero attached hydrogens (tertiary/aromatic N) is 3. The van der Waals surface area contributed by atoms with Gasteiger partial charge >= 0.3 is 0 Å². The van der Waals surface area contributed by atoms with Crippen molar-refractivity contribution in [2.24, 2.45) is 0 Å². The van der Waals surface area contributed by atoms with Gasteiger partial charge in [0.2, 0.25) is 11.9 Å². The predicted molar refractivity (Wildman–Crippen MR) is 50.5 cm³/mol. The van der Waals surface area contributed by atoms with Crippen molar-refractivity contribution in [3.8, 4) is 0 Å². The first-order chi connectivity index (χ1) is 6.02. The van der Waals surface area contributed by atoms with E-state index < -0.39 is 0 Å². The maximum Gasteiger partial charge on any atom is 0.242 e. The third-order valence-electron chi connectivity index (χ3n) is 1.58. The van der Waals surface area contributed by atoms with Crippen molar-refractivity contribution in [1.29, 1.82) is 0 Å². The number of carbonyl (C=O) groups excluding carboxylic acids is 1. The molecule has 13 heavy (non-hydrogen) atoms. The van der Waals surface area contributed by atoms with Gasteiger partial charge in [-0.3, -0.25) is 9.36 Å². The van der Waals surface area contributed by atoms with Crippen LogP contribution in [0.1, 0.15) is 0 Å². The predicted octanol–water partition coefficient (Wildman–Crippen LogP) is -0.389. The first-order valence-corrected chi connectivity index (χ1v) is 4.04. The van der Waals surface area contributed by atoms with Crippen LogP contribution in [0.2, 0.25) is 0 Å². The molecule has 1 heterocycles. The van der Waals surface area contributed by atoms with Gasteiger partial charge in [0.15, 0.2) is 4.77 Å². The lowest BCUT2D eigenvalue weighted by atomic mass is 10.5. The van der Waals surface area contributed by atoms with E-state index in [0.29, 0.717) is 4.77 Å². The Hall–Kier alpha value is -1.37. The largest absolute Gasteiger partial charge is 0.368 e. The van der Waals surface area contributed by atoms with Gasteiger partial charge in [-0.05, 0) is 12.2 Å². The monoisotopic (exact) mass is 201 g/mol. The quantitative estimate of drug-likeness (QED) is 0.639. The van der Waals surface area contributed by atoms with Crippen molar-refractivity contribution in [1.82, 2.24) is 19.7 Å². The number of nitrogens with two attached hydrogens (primary N) is 1. The van der Waals surface area contributed by atoms with E-state index in [-0.39, 0.29) is 18.4 Å². The zero-order valence-electron chi connectivity index (χ0n) is 7.44. The van der Waals surface area contributed by atoms with E-state index >= 15 is 0 Å². The molecule has 1 aromatic heterocycles. The minimum atomic E-state index is -0.0794. The SMILES string of the molecule is CN(C)C(=O)Cn1c(N)n[nH]c1=S. The average Bonchev–Trinajstić information content (AvgIpc) is 2.35. The summed E-state index contributed by atoms with van der Waals surface area (Å²) in [7, 11) is 3.34. The highest BCUT2D eigenvalue weighted by Crippen LogP contribution is 1.99. The van der Waals surface area contributed by atoms with Gasteiger partial charge < -0.3 is 10.6 Å². The molecule has 0 radical (unpaired) electrons. The van der Waals surface area contributed by atoms with Crippen LogP contribution in [0.15, 0.2) is 0 Å². The highest BCUT2D eigenvalue weighted by atomic mass is 32.1. The Morgan fingerprint density at radius 1 is 1.77 bits per heavy atom. The van der Waals surface area contributed by atoms with E-state index in [2.05, 4.69) is 10.2 Å². The summed E-state index contributed by atoms with van der Waals surface area (Å²) in [6.07, 6.45) is 0. The molecule has 72 valence electrons.